The van der Waals surface area contributed by atoms with Gasteiger partial charge in [-0.1, -0.05) is 13.8 Å². The van der Waals surface area contributed by atoms with Crippen LogP contribution in [-0.2, 0) is 6.54 Å². The molecule has 0 fully saturated rings. The summed E-state index contributed by atoms with van der Waals surface area (Å²) >= 11 is 0. The molecule has 2 nitrogen and oxygen atoms in total. The van der Waals surface area contributed by atoms with Crippen LogP contribution in [0.5, 0.6) is 0 Å². The predicted octanol–water partition coefficient (Wildman–Crippen LogP) is 1.84. The van der Waals surface area contributed by atoms with Crippen molar-refractivity contribution in [2.24, 2.45) is 0 Å². The zero-order chi connectivity index (χ0) is 7.56. The summed E-state index contributed by atoms with van der Waals surface area (Å²) in [7, 11) is 0. The number of rotatable bonds is 2. The first-order valence-electron chi connectivity index (χ1n) is 3.56. The van der Waals surface area contributed by atoms with Gasteiger partial charge in [0.25, 0.3) is 0 Å². The SMILES string of the molecule is [CH2]Cn1ccnc1C(C)C. The molecule has 1 aromatic heterocycles. The van der Waals surface area contributed by atoms with Crippen molar-refractivity contribution in [2.75, 3.05) is 0 Å². The van der Waals surface area contributed by atoms with Crippen LogP contribution in [0.1, 0.15) is 25.6 Å². The van der Waals surface area contributed by atoms with E-state index in [1.54, 1.807) is 0 Å². The summed E-state index contributed by atoms with van der Waals surface area (Å²) in [6.07, 6.45) is 3.78. The second kappa shape index (κ2) is 2.86. The standard InChI is InChI=1S/C8H13N2/c1-4-10-6-5-9-8(10)7(2)3/h5-7H,1,4H2,2-3H3. The van der Waals surface area contributed by atoms with Crippen LogP contribution in [0.3, 0.4) is 0 Å². The lowest BCUT2D eigenvalue weighted by Gasteiger charge is -2.06. The van der Waals surface area contributed by atoms with E-state index in [0.717, 1.165) is 12.4 Å². The van der Waals surface area contributed by atoms with Crippen LogP contribution in [-0.4, -0.2) is 9.55 Å². The van der Waals surface area contributed by atoms with Crippen LogP contribution in [0.15, 0.2) is 12.4 Å². The summed E-state index contributed by atoms with van der Waals surface area (Å²) in [5, 5.41) is 0. The fourth-order valence-electron chi connectivity index (χ4n) is 1.01. The van der Waals surface area contributed by atoms with E-state index in [1.807, 2.05) is 12.4 Å². The third kappa shape index (κ3) is 1.20. The fraction of sp³-hybridized carbons (Fsp3) is 0.500. The number of hydrogen-bond acceptors (Lipinski definition) is 1. The highest BCUT2D eigenvalue weighted by atomic mass is 15.1. The normalized spacial score (nSPS) is 10.8. The third-order valence-corrected chi connectivity index (χ3v) is 1.50. The Morgan fingerprint density at radius 3 is 2.80 bits per heavy atom. The Morgan fingerprint density at radius 1 is 1.70 bits per heavy atom. The Kier molecular flexibility index (Phi) is 2.10. The molecule has 0 N–H and O–H groups in total. The maximum Gasteiger partial charge on any atom is 0.111 e. The lowest BCUT2D eigenvalue weighted by molar-refractivity contribution is 0.677. The Labute approximate surface area is 61.9 Å². The molecule has 0 bridgehead atoms. The van der Waals surface area contributed by atoms with Gasteiger partial charge in [0.15, 0.2) is 0 Å². The molecule has 0 saturated heterocycles. The molecule has 1 rings (SSSR count). The van der Waals surface area contributed by atoms with Crippen molar-refractivity contribution < 1.29 is 0 Å². The first-order valence-corrected chi connectivity index (χ1v) is 3.56. The molecular formula is C8H13N2. The average molecular weight is 137 g/mol. The maximum absolute atomic E-state index is 4.21. The molecule has 55 valence electrons. The van der Waals surface area contributed by atoms with Gasteiger partial charge in [0, 0.05) is 24.9 Å². The predicted molar refractivity (Wildman–Crippen MR) is 41.7 cm³/mol. The van der Waals surface area contributed by atoms with Gasteiger partial charge in [-0.15, -0.1) is 0 Å². The Morgan fingerprint density at radius 2 is 2.40 bits per heavy atom. The van der Waals surface area contributed by atoms with Gasteiger partial charge in [-0.2, -0.15) is 0 Å². The highest BCUT2D eigenvalue weighted by Crippen LogP contribution is 2.10. The number of hydrogen-bond donors (Lipinski definition) is 0. The second-order valence-corrected chi connectivity index (χ2v) is 2.63. The summed E-state index contributed by atoms with van der Waals surface area (Å²) in [6.45, 7) is 8.83. The first kappa shape index (κ1) is 7.32. The molecule has 0 atom stereocenters. The van der Waals surface area contributed by atoms with Crippen LogP contribution in [0.25, 0.3) is 0 Å². The minimum Gasteiger partial charge on any atom is -0.335 e. The smallest absolute Gasteiger partial charge is 0.111 e. The molecule has 1 heterocycles. The van der Waals surface area contributed by atoms with Crippen LogP contribution >= 0.6 is 0 Å². The summed E-state index contributed by atoms with van der Waals surface area (Å²) in [4.78, 5) is 4.21. The summed E-state index contributed by atoms with van der Waals surface area (Å²) < 4.78 is 2.06. The molecule has 0 unspecified atom stereocenters. The largest absolute Gasteiger partial charge is 0.335 e. The zero-order valence-corrected chi connectivity index (χ0v) is 6.54. The third-order valence-electron chi connectivity index (χ3n) is 1.50. The van der Waals surface area contributed by atoms with E-state index in [1.165, 1.54) is 0 Å². The van der Waals surface area contributed by atoms with Crippen LogP contribution in [0.4, 0.5) is 0 Å². The second-order valence-electron chi connectivity index (χ2n) is 2.63. The summed E-state index contributed by atoms with van der Waals surface area (Å²) in [5.74, 6) is 1.62. The molecule has 0 amide bonds. The quantitative estimate of drug-likeness (QED) is 0.608. The lowest BCUT2D eigenvalue weighted by atomic mass is 10.2. The van der Waals surface area contributed by atoms with Crippen molar-refractivity contribution in [3.63, 3.8) is 0 Å². The van der Waals surface area contributed by atoms with E-state index in [9.17, 15) is 0 Å². The van der Waals surface area contributed by atoms with Gasteiger partial charge in [0.2, 0.25) is 0 Å². The van der Waals surface area contributed by atoms with Crippen molar-refractivity contribution in [1.82, 2.24) is 9.55 Å². The molecule has 0 saturated carbocycles. The molecule has 10 heavy (non-hydrogen) atoms. The Hall–Kier alpha value is -0.790. The van der Waals surface area contributed by atoms with Crippen LogP contribution in [0, 0.1) is 6.92 Å². The monoisotopic (exact) mass is 137 g/mol. The van der Waals surface area contributed by atoms with Gasteiger partial charge in [0.05, 0.1) is 0 Å². The van der Waals surface area contributed by atoms with Crippen molar-refractivity contribution in [2.45, 2.75) is 26.3 Å². The summed E-state index contributed by atoms with van der Waals surface area (Å²) in [5.41, 5.74) is 0. The van der Waals surface area contributed by atoms with E-state index in [-0.39, 0.29) is 0 Å². The molecule has 1 radical (unpaired) electrons. The topological polar surface area (TPSA) is 17.8 Å². The van der Waals surface area contributed by atoms with E-state index in [0.29, 0.717) is 5.92 Å². The zero-order valence-electron chi connectivity index (χ0n) is 6.54. The van der Waals surface area contributed by atoms with Crippen molar-refractivity contribution in [3.8, 4) is 0 Å². The first-order chi connectivity index (χ1) is 4.75. The van der Waals surface area contributed by atoms with Gasteiger partial charge in [-0.3, -0.25) is 0 Å². The van der Waals surface area contributed by atoms with Crippen LogP contribution < -0.4 is 0 Å². The number of nitrogens with zero attached hydrogens (tertiary/aromatic N) is 2. The van der Waals surface area contributed by atoms with Crippen molar-refractivity contribution in [3.05, 3.63) is 25.1 Å². The average Bonchev–Trinajstić information content (AvgIpc) is 2.33. The van der Waals surface area contributed by atoms with Crippen molar-refractivity contribution >= 4 is 0 Å². The number of aromatic nitrogens is 2. The Balaban J connectivity index is 2.90. The van der Waals surface area contributed by atoms with Crippen molar-refractivity contribution in [1.29, 1.82) is 0 Å². The number of imidazole rings is 1. The van der Waals surface area contributed by atoms with Gasteiger partial charge in [-0.05, 0) is 6.92 Å². The van der Waals surface area contributed by atoms with Gasteiger partial charge in [0.1, 0.15) is 5.82 Å². The maximum atomic E-state index is 4.21. The highest BCUT2D eigenvalue weighted by molar-refractivity contribution is 4.97. The highest BCUT2D eigenvalue weighted by Gasteiger charge is 2.03. The fourth-order valence-corrected chi connectivity index (χ4v) is 1.01. The molecule has 1 aromatic rings. The van der Waals surface area contributed by atoms with E-state index in [4.69, 9.17) is 0 Å². The minimum absolute atomic E-state index is 0.497. The molecular weight excluding hydrogens is 124 g/mol. The molecule has 0 aliphatic rings. The summed E-state index contributed by atoms with van der Waals surface area (Å²) in [6, 6.07) is 0. The molecule has 0 spiro atoms. The van der Waals surface area contributed by atoms with Crippen LogP contribution in [0.2, 0.25) is 0 Å². The molecule has 0 aliphatic carbocycles. The lowest BCUT2D eigenvalue weighted by Crippen LogP contribution is -2.02. The van der Waals surface area contributed by atoms with Gasteiger partial charge >= 0.3 is 0 Å². The van der Waals surface area contributed by atoms with E-state index < -0.39 is 0 Å². The Bertz CT molecular complexity index is 201. The molecule has 0 aliphatic heterocycles. The molecule has 2 heteroatoms. The van der Waals surface area contributed by atoms with Gasteiger partial charge < -0.3 is 4.57 Å². The van der Waals surface area contributed by atoms with E-state index >= 15 is 0 Å². The van der Waals surface area contributed by atoms with Gasteiger partial charge in [-0.25, -0.2) is 4.98 Å². The van der Waals surface area contributed by atoms with E-state index in [2.05, 4.69) is 30.3 Å². The minimum atomic E-state index is 0.497. The molecule has 0 aromatic carbocycles.